The van der Waals surface area contributed by atoms with E-state index in [0.29, 0.717) is 0 Å². The van der Waals surface area contributed by atoms with Crippen molar-refractivity contribution in [3.8, 4) is 0 Å². The van der Waals surface area contributed by atoms with Crippen LogP contribution >= 0.6 is 0 Å². The maximum Gasteiger partial charge on any atom is 0.224 e. The summed E-state index contributed by atoms with van der Waals surface area (Å²) in [7, 11) is 2.19. The number of pyridine rings is 2. The Kier molecular flexibility index (Phi) is 3.77. The second-order valence-electron chi connectivity index (χ2n) is 11.2. The van der Waals surface area contributed by atoms with Crippen LogP contribution in [0.4, 0.5) is 0 Å². The lowest BCUT2D eigenvalue weighted by Gasteiger charge is -2.20. The van der Waals surface area contributed by atoms with E-state index < -0.39 is 0 Å². The Labute approximate surface area is 199 Å². The van der Waals surface area contributed by atoms with E-state index in [1.165, 1.54) is 70.9 Å². The second-order valence-corrected chi connectivity index (χ2v) is 11.2. The summed E-state index contributed by atoms with van der Waals surface area (Å²) in [6.07, 6.45) is 3.29. The highest BCUT2D eigenvalue weighted by Crippen LogP contribution is 2.45. The molecule has 0 amide bonds. The summed E-state index contributed by atoms with van der Waals surface area (Å²) >= 11 is 0. The summed E-state index contributed by atoms with van der Waals surface area (Å²) in [5.41, 5.74) is 8.29. The van der Waals surface area contributed by atoms with Gasteiger partial charge in [-0.15, -0.1) is 0 Å². The lowest BCUT2D eigenvalue weighted by Crippen LogP contribution is -2.29. The Morgan fingerprint density at radius 2 is 1.47 bits per heavy atom. The summed E-state index contributed by atoms with van der Waals surface area (Å²) < 4.78 is 4.88. The highest BCUT2D eigenvalue weighted by Gasteiger charge is 2.26. The van der Waals surface area contributed by atoms with Gasteiger partial charge < -0.3 is 4.40 Å². The summed E-state index contributed by atoms with van der Waals surface area (Å²) in [6, 6.07) is 25.0. The molecule has 7 rings (SSSR count). The monoisotopic (exact) mass is 441 g/mol. The minimum atomic E-state index is 0.232. The lowest BCUT2D eigenvalue weighted by atomic mass is 9.87. The van der Waals surface area contributed by atoms with Gasteiger partial charge in [0.2, 0.25) is 5.52 Å². The van der Waals surface area contributed by atoms with Crippen LogP contribution in [0.1, 0.15) is 31.9 Å². The van der Waals surface area contributed by atoms with Crippen molar-refractivity contribution < 1.29 is 4.57 Å². The highest BCUT2D eigenvalue weighted by atomic mass is 15.0. The molecule has 7 aromatic rings. The maximum atomic E-state index is 2.56. The van der Waals surface area contributed by atoms with E-state index >= 15 is 0 Å². The summed E-state index contributed by atoms with van der Waals surface area (Å²) in [4.78, 5) is 0. The van der Waals surface area contributed by atoms with Crippen molar-refractivity contribution in [1.29, 1.82) is 0 Å². The van der Waals surface area contributed by atoms with Gasteiger partial charge in [-0.25, -0.2) is 4.57 Å². The zero-order valence-electron chi connectivity index (χ0n) is 20.5. The average Bonchev–Trinajstić information content (AvgIpc) is 3.15. The van der Waals surface area contributed by atoms with E-state index in [-0.39, 0.29) is 5.41 Å². The molecule has 0 aliphatic rings. The Morgan fingerprint density at radius 3 is 2.24 bits per heavy atom. The van der Waals surface area contributed by atoms with Gasteiger partial charge in [-0.05, 0) is 58.2 Å². The van der Waals surface area contributed by atoms with Crippen LogP contribution in [-0.4, -0.2) is 4.40 Å². The molecular formula is C32H29N2+. The fraction of sp³-hybridized carbons (Fsp3) is 0.219. The zero-order valence-corrected chi connectivity index (χ0v) is 20.5. The molecule has 0 fully saturated rings. The van der Waals surface area contributed by atoms with Crippen molar-refractivity contribution in [2.45, 2.75) is 34.1 Å². The van der Waals surface area contributed by atoms with Gasteiger partial charge in [-0.1, -0.05) is 69.3 Å². The largest absolute Gasteiger partial charge is 0.307 e. The molecular weight excluding hydrogens is 412 g/mol. The lowest BCUT2D eigenvalue weighted by molar-refractivity contribution is -0.643. The van der Waals surface area contributed by atoms with Crippen molar-refractivity contribution in [3.63, 3.8) is 0 Å². The van der Waals surface area contributed by atoms with Gasteiger partial charge in [-0.2, -0.15) is 0 Å². The number of nitrogens with zero attached hydrogens (tertiary/aromatic N) is 2. The maximum absolute atomic E-state index is 2.56. The Bertz CT molecular complexity index is 1930. The number of hydrogen-bond donors (Lipinski definition) is 0. The molecule has 0 saturated carbocycles. The third-order valence-electron chi connectivity index (χ3n) is 7.57. The predicted octanol–water partition coefficient (Wildman–Crippen LogP) is 7.86. The van der Waals surface area contributed by atoms with Gasteiger partial charge in [0.05, 0.1) is 27.3 Å². The first-order valence-electron chi connectivity index (χ1n) is 12.2. The molecule has 0 bridgehead atoms. The average molecular weight is 442 g/mol. The number of hydrogen-bond acceptors (Lipinski definition) is 0. The molecule has 3 aromatic heterocycles. The van der Waals surface area contributed by atoms with Crippen LogP contribution in [0.2, 0.25) is 0 Å². The fourth-order valence-corrected chi connectivity index (χ4v) is 6.36. The van der Waals surface area contributed by atoms with Crippen molar-refractivity contribution in [3.05, 3.63) is 84.1 Å². The molecule has 0 spiro atoms. The van der Waals surface area contributed by atoms with Crippen LogP contribution in [-0.2, 0) is 13.5 Å². The van der Waals surface area contributed by atoms with Crippen LogP contribution < -0.4 is 4.57 Å². The predicted molar refractivity (Wildman–Crippen MR) is 145 cm³/mol. The van der Waals surface area contributed by atoms with Crippen molar-refractivity contribution in [2.24, 2.45) is 12.5 Å². The Balaban J connectivity index is 1.88. The van der Waals surface area contributed by atoms with E-state index in [4.69, 9.17) is 0 Å². The first kappa shape index (κ1) is 19.8. The third kappa shape index (κ3) is 2.49. The minimum Gasteiger partial charge on any atom is -0.307 e. The molecule has 0 saturated heterocycles. The van der Waals surface area contributed by atoms with Crippen molar-refractivity contribution in [1.82, 2.24) is 4.40 Å². The molecule has 0 radical (unpaired) electrons. The molecule has 0 N–H and O–H groups in total. The van der Waals surface area contributed by atoms with Gasteiger partial charge in [0.1, 0.15) is 7.05 Å². The van der Waals surface area contributed by atoms with Gasteiger partial charge in [0, 0.05) is 16.8 Å². The molecule has 2 heteroatoms. The normalized spacial score (nSPS) is 13.0. The fourth-order valence-electron chi connectivity index (χ4n) is 6.36. The SMILES string of the molecule is Cc1c2ccccc2c2c3ccccc3n3c4cc(CC(C)(C)C)cc5cc[n+](C)c(c1c23)c54. The van der Waals surface area contributed by atoms with Gasteiger partial charge in [-0.3, -0.25) is 0 Å². The molecule has 34 heavy (non-hydrogen) atoms. The van der Waals surface area contributed by atoms with Gasteiger partial charge in [0.25, 0.3) is 0 Å². The standard InChI is InChI=1S/C32H29N2/c1-19-22-10-6-7-11-23(22)29-24-12-8-9-13-25(24)34-26-17-20(18-32(2,3)4)16-21-14-15-33(5)30(28(21)26)27(19)31(29)34/h6-17H,18H2,1-5H3/q+1. The molecule has 0 aliphatic heterocycles. The second kappa shape index (κ2) is 6.48. The number of rotatable bonds is 1. The van der Waals surface area contributed by atoms with Crippen molar-refractivity contribution in [2.75, 3.05) is 0 Å². The van der Waals surface area contributed by atoms with E-state index in [0.717, 1.165) is 6.42 Å². The minimum absolute atomic E-state index is 0.232. The molecule has 0 atom stereocenters. The first-order valence-corrected chi connectivity index (χ1v) is 12.2. The highest BCUT2D eigenvalue weighted by molar-refractivity contribution is 6.32. The van der Waals surface area contributed by atoms with Crippen molar-refractivity contribution >= 4 is 59.8 Å². The zero-order chi connectivity index (χ0) is 23.4. The molecule has 4 aromatic carbocycles. The van der Waals surface area contributed by atoms with E-state index in [9.17, 15) is 0 Å². The quantitative estimate of drug-likeness (QED) is 0.139. The Morgan fingerprint density at radius 1 is 0.765 bits per heavy atom. The summed E-state index contributed by atoms with van der Waals surface area (Å²) in [5.74, 6) is 0. The number of fused-ring (bicyclic) bond motifs is 7. The molecule has 166 valence electrons. The van der Waals surface area contributed by atoms with Crippen LogP contribution in [0.25, 0.3) is 59.8 Å². The number of benzene rings is 4. The van der Waals surface area contributed by atoms with Crippen LogP contribution in [0.5, 0.6) is 0 Å². The third-order valence-corrected chi connectivity index (χ3v) is 7.57. The van der Waals surface area contributed by atoms with Crippen LogP contribution in [0, 0.1) is 12.3 Å². The van der Waals surface area contributed by atoms with E-state index in [1.54, 1.807) is 0 Å². The summed E-state index contributed by atoms with van der Waals surface area (Å²) in [6.45, 7) is 9.28. The Hall–Kier alpha value is -3.65. The van der Waals surface area contributed by atoms with Crippen LogP contribution in [0.3, 0.4) is 0 Å². The molecule has 0 unspecified atom stereocenters. The van der Waals surface area contributed by atoms with Gasteiger partial charge >= 0.3 is 0 Å². The smallest absolute Gasteiger partial charge is 0.224 e. The summed E-state index contributed by atoms with van der Waals surface area (Å²) in [5, 5.41) is 9.45. The molecule has 2 nitrogen and oxygen atoms in total. The number of aryl methyl sites for hydroxylation is 2. The number of para-hydroxylation sites is 1. The first-order chi connectivity index (χ1) is 16.3. The molecule has 3 heterocycles. The topological polar surface area (TPSA) is 8.29 Å². The van der Waals surface area contributed by atoms with Crippen LogP contribution in [0.15, 0.2) is 72.9 Å². The van der Waals surface area contributed by atoms with E-state index in [1.807, 2.05) is 0 Å². The molecule has 0 aliphatic carbocycles. The van der Waals surface area contributed by atoms with Gasteiger partial charge in [0.15, 0.2) is 6.20 Å². The number of aromatic nitrogens is 2. The van der Waals surface area contributed by atoms with E-state index in [2.05, 4.69) is 117 Å².